The molecule has 2 aromatic carbocycles. The molecule has 1 saturated heterocycles. The van der Waals surface area contributed by atoms with Crippen molar-refractivity contribution in [3.63, 3.8) is 0 Å². The van der Waals surface area contributed by atoms with Crippen LogP contribution in [0.2, 0.25) is 0 Å². The Labute approximate surface area is 170 Å². The normalized spacial score (nSPS) is 15.1. The van der Waals surface area contributed by atoms with Gasteiger partial charge in [0.1, 0.15) is 0 Å². The zero-order valence-corrected chi connectivity index (χ0v) is 17.1. The number of morpholine rings is 1. The standard InChI is InChI=1S/C21H24N2O5S/c1-16-7-8-18(15-20(16)29(26,27)23-11-13-28-14-12-23)22-21(25)10-9-19(24)17-5-3-2-4-6-17/h2-8,15H,9-14H2,1H3,(H,22,25). The van der Waals surface area contributed by atoms with Crippen molar-refractivity contribution in [3.05, 3.63) is 59.7 Å². The number of hydrogen-bond donors (Lipinski definition) is 1. The molecule has 3 rings (SSSR count). The molecule has 1 aliphatic heterocycles. The summed E-state index contributed by atoms with van der Waals surface area (Å²) >= 11 is 0. The van der Waals surface area contributed by atoms with Crippen molar-refractivity contribution in [1.82, 2.24) is 4.31 Å². The molecule has 0 aromatic heterocycles. The van der Waals surface area contributed by atoms with Gasteiger partial charge in [-0.3, -0.25) is 9.59 Å². The number of rotatable bonds is 7. The Morgan fingerprint density at radius 3 is 2.41 bits per heavy atom. The molecule has 0 spiro atoms. The fourth-order valence-electron chi connectivity index (χ4n) is 3.10. The summed E-state index contributed by atoms with van der Waals surface area (Å²) in [5, 5.41) is 2.69. The van der Waals surface area contributed by atoms with Crippen LogP contribution in [-0.4, -0.2) is 50.7 Å². The third-order valence-electron chi connectivity index (χ3n) is 4.73. The van der Waals surface area contributed by atoms with Gasteiger partial charge in [-0.05, 0) is 24.6 Å². The van der Waals surface area contributed by atoms with Gasteiger partial charge in [-0.2, -0.15) is 4.31 Å². The van der Waals surface area contributed by atoms with Crippen LogP contribution in [0.15, 0.2) is 53.4 Å². The number of nitrogens with one attached hydrogen (secondary N) is 1. The molecule has 2 aromatic rings. The number of nitrogens with zero attached hydrogens (tertiary/aromatic N) is 1. The lowest BCUT2D eigenvalue weighted by molar-refractivity contribution is -0.116. The minimum Gasteiger partial charge on any atom is -0.379 e. The minimum atomic E-state index is -3.66. The van der Waals surface area contributed by atoms with E-state index in [0.717, 1.165) is 0 Å². The van der Waals surface area contributed by atoms with E-state index >= 15 is 0 Å². The van der Waals surface area contributed by atoms with Gasteiger partial charge < -0.3 is 10.1 Å². The number of ketones is 1. The van der Waals surface area contributed by atoms with E-state index in [1.54, 1.807) is 43.3 Å². The first-order valence-electron chi connectivity index (χ1n) is 9.44. The summed E-state index contributed by atoms with van der Waals surface area (Å²) in [5.74, 6) is -0.451. The number of benzene rings is 2. The van der Waals surface area contributed by atoms with Crippen LogP contribution in [0.3, 0.4) is 0 Å². The summed E-state index contributed by atoms with van der Waals surface area (Å²) in [5.41, 5.74) is 1.56. The number of carbonyl (C=O) groups is 2. The van der Waals surface area contributed by atoms with E-state index in [9.17, 15) is 18.0 Å². The summed E-state index contributed by atoms with van der Waals surface area (Å²) < 4.78 is 32.5. The monoisotopic (exact) mass is 416 g/mol. The van der Waals surface area contributed by atoms with Crippen LogP contribution >= 0.6 is 0 Å². The van der Waals surface area contributed by atoms with E-state index in [1.807, 2.05) is 6.07 Å². The maximum atomic E-state index is 12.9. The van der Waals surface area contributed by atoms with E-state index in [0.29, 0.717) is 43.1 Å². The second kappa shape index (κ2) is 9.30. The van der Waals surface area contributed by atoms with Crippen LogP contribution < -0.4 is 5.32 Å². The Morgan fingerprint density at radius 1 is 1.03 bits per heavy atom. The second-order valence-electron chi connectivity index (χ2n) is 6.83. The van der Waals surface area contributed by atoms with Gasteiger partial charge in [0.2, 0.25) is 15.9 Å². The zero-order valence-electron chi connectivity index (χ0n) is 16.3. The summed E-state index contributed by atoms with van der Waals surface area (Å²) in [4.78, 5) is 24.6. The van der Waals surface area contributed by atoms with Crippen molar-refractivity contribution in [2.45, 2.75) is 24.7 Å². The molecule has 0 unspecified atom stereocenters. The Balaban J connectivity index is 1.66. The van der Waals surface area contributed by atoms with Crippen molar-refractivity contribution in [1.29, 1.82) is 0 Å². The van der Waals surface area contributed by atoms with E-state index < -0.39 is 10.0 Å². The molecule has 29 heavy (non-hydrogen) atoms. The summed E-state index contributed by atoms with van der Waals surface area (Å²) in [7, 11) is -3.66. The number of aryl methyl sites for hydroxylation is 1. The Hall–Kier alpha value is -2.55. The smallest absolute Gasteiger partial charge is 0.243 e. The molecule has 1 heterocycles. The zero-order chi connectivity index (χ0) is 20.9. The fraction of sp³-hybridized carbons (Fsp3) is 0.333. The highest BCUT2D eigenvalue weighted by molar-refractivity contribution is 7.89. The number of hydrogen-bond acceptors (Lipinski definition) is 5. The molecule has 0 atom stereocenters. The quantitative estimate of drug-likeness (QED) is 0.701. The molecule has 154 valence electrons. The predicted molar refractivity (Wildman–Crippen MR) is 109 cm³/mol. The number of Topliss-reactive ketones (excluding diaryl/α,β-unsaturated/α-hetero) is 1. The molecule has 0 radical (unpaired) electrons. The summed E-state index contributed by atoms with van der Waals surface area (Å²) in [6, 6.07) is 13.6. The van der Waals surface area contributed by atoms with Crippen LogP contribution in [0.4, 0.5) is 5.69 Å². The average Bonchev–Trinajstić information content (AvgIpc) is 2.74. The highest BCUT2D eigenvalue weighted by Crippen LogP contribution is 2.24. The molecule has 0 saturated carbocycles. The Kier molecular flexibility index (Phi) is 6.79. The molecule has 0 aliphatic carbocycles. The highest BCUT2D eigenvalue weighted by atomic mass is 32.2. The molecular weight excluding hydrogens is 392 g/mol. The topological polar surface area (TPSA) is 92.8 Å². The van der Waals surface area contributed by atoms with Gasteiger partial charge in [-0.15, -0.1) is 0 Å². The lowest BCUT2D eigenvalue weighted by Crippen LogP contribution is -2.40. The van der Waals surface area contributed by atoms with Crippen LogP contribution in [0.1, 0.15) is 28.8 Å². The minimum absolute atomic E-state index is 0.0210. The van der Waals surface area contributed by atoms with E-state index in [4.69, 9.17) is 4.74 Å². The summed E-state index contributed by atoms with van der Waals surface area (Å²) in [6.07, 6.45) is 0.105. The molecule has 1 amide bonds. The molecule has 1 aliphatic rings. The van der Waals surface area contributed by atoms with Crippen molar-refractivity contribution in [2.75, 3.05) is 31.6 Å². The van der Waals surface area contributed by atoms with Gasteiger partial charge in [-0.1, -0.05) is 36.4 Å². The fourth-order valence-corrected chi connectivity index (χ4v) is 4.76. The van der Waals surface area contributed by atoms with E-state index in [2.05, 4.69) is 5.32 Å². The molecule has 7 nitrogen and oxygen atoms in total. The van der Waals surface area contributed by atoms with Gasteiger partial charge in [0.15, 0.2) is 5.78 Å². The number of sulfonamides is 1. The first-order chi connectivity index (χ1) is 13.9. The van der Waals surface area contributed by atoms with Crippen LogP contribution in [0.5, 0.6) is 0 Å². The van der Waals surface area contributed by atoms with Crippen molar-refractivity contribution >= 4 is 27.4 Å². The third-order valence-corrected chi connectivity index (χ3v) is 6.78. The van der Waals surface area contributed by atoms with Crippen molar-refractivity contribution in [2.24, 2.45) is 0 Å². The van der Waals surface area contributed by atoms with Gasteiger partial charge in [0.25, 0.3) is 0 Å². The van der Waals surface area contributed by atoms with E-state index in [1.165, 1.54) is 10.4 Å². The molecule has 1 fully saturated rings. The molecule has 0 bridgehead atoms. The maximum Gasteiger partial charge on any atom is 0.243 e. The number of amides is 1. The maximum absolute atomic E-state index is 12.9. The molecular formula is C21H24N2O5S. The lowest BCUT2D eigenvalue weighted by Gasteiger charge is -2.26. The van der Waals surface area contributed by atoms with Crippen LogP contribution in [0.25, 0.3) is 0 Å². The first kappa shape index (κ1) is 21.2. The second-order valence-corrected chi connectivity index (χ2v) is 8.74. The van der Waals surface area contributed by atoms with E-state index in [-0.39, 0.29) is 29.4 Å². The summed E-state index contributed by atoms with van der Waals surface area (Å²) in [6.45, 7) is 3.06. The number of carbonyl (C=O) groups excluding carboxylic acids is 2. The number of ether oxygens (including phenoxy) is 1. The molecule has 8 heteroatoms. The molecule has 1 N–H and O–H groups in total. The SMILES string of the molecule is Cc1ccc(NC(=O)CCC(=O)c2ccccc2)cc1S(=O)(=O)N1CCOCC1. The average molecular weight is 416 g/mol. The largest absolute Gasteiger partial charge is 0.379 e. The van der Waals surface area contributed by atoms with Gasteiger partial charge in [-0.25, -0.2) is 8.42 Å². The van der Waals surface area contributed by atoms with Gasteiger partial charge in [0, 0.05) is 37.2 Å². The Bertz CT molecular complexity index is 983. The van der Waals surface area contributed by atoms with Gasteiger partial charge in [0.05, 0.1) is 18.1 Å². The Morgan fingerprint density at radius 2 is 1.72 bits per heavy atom. The van der Waals surface area contributed by atoms with Gasteiger partial charge >= 0.3 is 0 Å². The predicted octanol–water partition coefficient (Wildman–Crippen LogP) is 2.62. The first-order valence-corrected chi connectivity index (χ1v) is 10.9. The van der Waals surface area contributed by atoms with Crippen molar-refractivity contribution < 1.29 is 22.7 Å². The van der Waals surface area contributed by atoms with Crippen molar-refractivity contribution in [3.8, 4) is 0 Å². The highest BCUT2D eigenvalue weighted by Gasteiger charge is 2.28. The third kappa shape index (κ3) is 5.29. The number of anilines is 1. The lowest BCUT2D eigenvalue weighted by atomic mass is 10.1. The van der Waals surface area contributed by atoms with Crippen LogP contribution in [-0.2, 0) is 19.6 Å². The van der Waals surface area contributed by atoms with Crippen LogP contribution in [0, 0.1) is 6.92 Å².